The third-order valence-corrected chi connectivity index (χ3v) is 3.67. The van der Waals surface area contributed by atoms with Crippen molar-refractivity contribution < 1.29 is 9.66 Å². The van der Waals surface area contributed by atoms with E-state index < -0.39 is 4.92 Å². The lowest BCUT2D eigenvalue weighted by molar-refractivity contribution is -0.384. The molecule has 0 saturated heterocycles. The first-order chi connectivity index (χ1) is 8.95. The second-order valence-electron chi connectivity index (χ2n) is 4.22. The average Bonchev–Trinajstić information content (AvgIpc) is 2.32. The van der Waals surface area contributed by atoms with Gasteiger partial charge in [-0.2, -0.15) is 0 Å². The molecule has 0 aliphatic heterocycles. The molecule has 1 aromatic rings. The van der Waals surface area contributed by atoms with Crippen LogP contribution >= 0.6 is 39.1 Å². The van der Waals surface area contributed by atoms with E-state index in [1.165, 1.54) is 12.1 Å². The van der Waals surface area contributed by atoms with Crippen LogP contribution in [0.4, 0.5) is 5.69 Å². The smallest absolute Gasteiger partial charge is 0.272 e. The quantitative estimate of drug-likeness (QED) is 0.381. The van der Waals surface area contributed by atoms with Crippen LogP contribution < -0.4 is 4.74 Å². The van der Waals surface area contributed by atoms with Gasteiger partial charge in [0.2, 0.25) is 0 Å². The largest absolute Gasteiger partial charge is 0.490 e. The van der Waals surface area contributed by atoms with Crippen LogP contribution in [0.15, 0.2) is 12.1 Å². The van der Waals surface area contributed by atoms with Crippen LogP contribution in [0, 0.1) is 16.0 Å². The number of alkyl halides is 1. The second-order valence-corrected chi connectivity index (χ2v) is 5.82. The molecule has 0 spiro atoms. The predicted octanol–water partition coefficient (Wildman–Crippen LogP) is 5.09. The van der Waals surface area contributed by atoms with Crippen molar-refractivity contribution in [1.82, 2.24) is 0 Å². The summed E-state index contributed by atoms with van der Waals surface area (Å²) in [4.78, 5) is 10.1. The van der Waals surface area contributed by atoms with Crippen LogP contribution in [0.25, 0.3) is 0 Å². The van der Waals surface area contributed by atoms with Gasteiger partial charge in [0.05, 0.1) is 21.6 Å². The number of ether oxygens (including phenoxy) is 1. The van der Waals surface area contributed by atoms with Crippen molar-refractivity contribution in [2.75, 3.05) is 11.9 Å². The van der Waals surface area contributed by atoms with Gasteiger partial charge in [0.1, 0.15) is 0 Å². The van der Waals surface area contributed by atoms with E-state index in [1.54, 1.807) is 0 Å². The molecule has 0 radical (unpaired) electrons. The number of nitro groups is 1. The maximum atomic E-state index is 10.6. The minimum Gasteiger partial charge on any atom is -0.490 e. The minimum atomic E-state index is -0.542. The SMILES string of the molecule is CC(CCBr)CCOc1c(Cl)cc([N+](=O)[O-])cc1Cl. The summed E-state index contributed by atoms with van der Waals surface area (Å²) in [7, 11) is 0. The van der Waals surface area contributed by atoms with Gasteiger partial charge in [0, 0.05) is 17.5 Å². The highest BCUT2D eigenvalue weighted by atomic mass is 79.9. The Morgan fingerprint density at radius 2 is 1.95 bits per heavy atom. The summed E-state index contributed by atoms with van der Waals surface area (Å²) in [5.74, 6) is 0.829. The molecule has 1 rings (SSSR count). The molecule has 1 aromatic carbocycles. The standard InChI is InChI=1S/C12H14BrCl2NO3/c1-8(2-4-13)3-5-19-12-10(14)6-9(16(17)18)7-11(12)15/h6-8H,2-5H2,1H3. The molecule has 0 saturated carbocycles. The van der Waals surface area contributed by atoms with Gasteiger partial charge in [0.15, 0.2) is 5.75 Å². The van der Waals surface area contributed by atoms with Crippen molar-refractivity contribution in [2.24, 2.45) is 5.92 Å². The maximum absolute atomic E-state index is 10.6. The second kappa shape index (κ2) is 7.92. The van der Waals surface area contributed by atoms with E-state index in [2.05, 4.69) is 22.9 Å². The number of non-ortho nitro benzene ring substituents is 1. The highest BCUT2D eigenvalue weighted by molar-refractivity contribution is 9.09. The van der Waals surface area contributed by atoms with Gasteiger partial charge >= 0.3 is 0 Å². The molecule has 1 unspecified atom stereocenters. The van der Waals surface area contributed by atoms with Crippen LogP contribution in [0.1, 0.15) is 19.8 Å². The lowest BCUT2D eigenvalue weighted by atomic mass is 10.1. The van der Waals surface area contributed by atoms with Gasteiger partial charge in [-0.3, -0.25) is 10.1 Å². The third-order valence-electron chi connectivity index (χ3n) is 2.65. The first kappa shape index (κ1) is 16.5. The van der Waals surface area contributed by atoms with Crippen molar-refractivity contribution in [3.05, 3.63) is 32.3 Å². The van der Waals surface area contributed by atoms with Crippen LogP contribution in [0.2, 0.25) is 10.0 Å². The molecule has 0 aromatic heterocycles. The van der Waals surface area contributed by atoms with E-state index in [0.29, 0.717) is 18.3 Å². The Labute approximate surface area is 130 Å². The molecule has 0 amide bonds. The van der Waals surface area contributed by atoms with E-state index in [4.69, 9.17) is 27.9 Å². The van der Waals surface area contributed by atoms with Crippen LogP contribution in [0.5, 0.6) is 5.75 Å². The summed E-state index contributed by atoms with van der Waals surface area (Å²) in [6.07, 6.45) is 1.93. The molecular weight excluding hydrogens is 357 g/mol. The summed E-state index contributed by atoms with van der Waals surface area (Å²) < 4.78 is 5.52. The average molecular weight is 371 g/mol. The van der Waals surface area contributed by atoms with Gasteiger partial charge in [0.25, 0.3) is 5.69 Å². The Morgan fingerprint density at radius 3 is 2.42 bits per heavy atom. The van der Waals surface area contributed by atoms with Crippen LogP contribution in [-0.4, -0.2) is 16.9 Å². The molecule has 0 aliphatic carbocycles. The molecule has 0 heterocycles. The van der Waals surface area contributed by atoms with Crippen molar-refractivity contribution in [3.8, 4) is 5.75 Å². The van der Waals surface area contributed by atoms with Crippen LogP contribution in [-0.2, 0) is 0 Å². The first-order valence-corrected chi connectivity index (χ1v) is 7.65. The van der Waals surface area contributed by atoms with E-state index in [1.807, 2.05) is 0 Å². The number of nitro benzene ring substituents is 1. The highest BCUT2D eigenvalue weighted by Crippen LogP contribution is 2.36. The Hall–Kier alpha value is -0.520. The normalized spacial score (nSPS) is 12.2. The predicted molar refractivity (Wildman–Crippen MR) is 80.8 cm³/mol. The zero-order chi connectivity index (χ0) is 14.4. The van der Waals surface area contributed by atoms with E-state index in [-0.39, 0.29) is 15.7 Å². The summed E-state index contributed by atoms with van der Waals surface area (Å²) in [5, 5.41) is 11.9. The lowest BCUT2D eigenvalue weighted by Gasteiger charge is -2.12. The van der Waals surface area contributed by atoms with Gasteiger partial charge in [-0.1, -0.05) is 46.1 Å². The fourth-order valence-electron chi connectivity index (χ4n) is 1.48. The molecule has 4 nitrogen and oxygen atoms in total. The number of benzene rings is 1. The number of nitrogens with zero attached hydrogens (tertiary/aromatic N) is 1. The molecule has 1 atom stereocenters. The Morgan fingerprint density at radius 1 is 1.37 bits per heavy atom. The summed E-state index contributed by atoms with van der Waals surface area (Å²) >= 11 is 15.3. The minimum absolute atomic E-state index is 0.144. The van der Waals surface area contributed by atoms with Crippen LogP contribution in [0.3, 0.4) is 0 Å². The van der Waals surface area contributed by atoms with E-state index in [9.17, 15) is 10.1 Å². The van der Waals surface area contributed by atoms with Gasteiger partial charge in [-0.25, -0.2) is 0 Å². The van der Waals surface area contributed by atoms with Crippen molar-refractivity contribution in [2.45, 2.75) is 19.8 Å². The summed E-state index contributed by atoms with van der Waals surface area (Å²) in [6, 6.07) is 2.48. The number of hydrogen-bond donors (Lipinski definition) is 0. The first-order valence-electron chi connectivity index (χ1n) is 5.78. The van der Waals surface area contributed by atoms with E-state index >= 15 is 0 Å². The molecule has 0 fully saturated rings. The fourth-order valence-corrected chi connectivity index (χ4v) is 2.85. The zero-order valence-electron chi connectivity index (χ0n) is 10.4. The molecule has 0 aliphatic rings. The lowest BCUT2D eigenvalue weighted by Crippen LogP contribution is -2.05. The Bertz CT molecular complexity index is 434. The van der Waals surface area contributed by atoms with Gasteiger partial charge in [-0.15, -0.1) is 0 Å². The zero-order valence-corrected chi connectivity index (χ0v) is 13.5. The molecule has 0 bridgehead atoms. The van der Waals surface area contributed by atoms with Crippen molar-refractivity contribution in [3.63, 3.8) is 0 Å². The third kappa shape index (κ3) is 5.16. The van der Waals surface area contributed by atoms with Crippen molar-refractivity contribution >= 4 is 44.8 Å². The number of halogens is 3. The summed E-state index contributed by atoms with van der Waals surface area (Å²) in [5.41, 5.74) is -0.144. The van der Waals surface area contributed by atoms with Gasteiger partial charge in [-0.05, 0) is 18.8 Å². The fraction of sp³-hybridized carbons (Fsp3) is 0.500. The van der Waals surface area contributed by atoms with E-state index in [0.717, 1.165) is 18.2 Å². The highest BCUT2D eigenvalue weighted by Gasteiger charge is 2.15. The van der Waals surface area contributed by atoms with Gasteiger partial charge < -0.3 is 4.74 Å². The Balaban J connectivity index is 2.66. The molecule has 19 heavy (non-hydrogen) atoms. The monoisotopic (exact) mass is 369 g/mol. The molecule has 106 valence electrons. The number of rotatable bonds is 7. The molecular formula is C12H14BrCl2NO3. The maximum Gasteiger partial charge on any atom is 0.272 e. The Kier molecular flexibility index (Phi) is 6.89. The topological polar surface area (TPSA) is 52.4 Å². The summed E-state index contributed by atoms with van der Waals surface area (Å²) in [6.45, 7) is 2.61. The molecule has 7 heteroatoms. The number of hydrogen-bond acceptors (Lipinski definition) is 3. The van der Waals surface area contributed by atoms with Crippen molar-refractivity contribution in [1.29, 1.82) is 0 Å². The molecule has 0 N–H and O–H groups in total.